The van der Waals surface area contributed by atoms with Crippen LogP contribution in [0.3, 0.4) is 0 Å². The molecule has 0 aliphatic carbocycles. The van der Waals surface area contributed by atoms with Gasteiger partial charge >= 0.3 is 0 Å². The van der Waals surface area contributed by atoms with Gasteiger partial charge < -0.3 is 5.11 Å². The summed E-state index contributed by atoms with van der Waals surface area (Å²) in [6, 6.07) is 0. The summed E-state index contributed by atoms with van der Waals surface area (Å²) >= 11 is 3.56. The largest absolute Gasteiger partial charge is 0.391 e. The predicted octanol–water partition coefficient (Wildman–Crippen LogP) is 1.55. The van der Waals surface area contributed by atoms with Gasteiger partial charge in [0.25, 0.3) is 0 Å². The molecular formula is C5H6INOS. The van der Waals surface area contributed by atoms with Crippen LogP contribution in [0.15, 0.2) is 0 Å². The highest BCUT2D eigenvalue weighted by molar-refractivity contribution is 14.1. The van der Waals surface area contributed by atoms with Crippen molar-refractivity contribution in [1.82, 2.24) is 4.37 Å². The van der Waals surface area contributed by atoms with E-state index in [0.29, 0.717) is 0 Å². The lowest BCUT2D eigenvalue weighted by Crippen LogP contribution is -1.80. The van der Waals surface area contributed by atoms with Gasteiger partial charge in [-0.15, -0.1) is 0 Å². The molecule has 50 valence electrons. The Morgan fingerprint density at radius 1 is 1.78 bits per heavy atom. The fourth-order valence-corrected chi connectivity index (χ4v) is 1.88. The molecule has 0 amide bonds. The Bertz CT molecular complexity index is 211. The molecule has 0 aliphatic rings. The van der Waals surface area contributed by atoms with Gasteiger partial charge in [0.2, 0.25) is 0 Å². The predicted molar refractivity (Wildman–Crippen MR) is 45.5 cm³/mol. The summed E-state index contributed by atoms with van der Waals surface area (Å²) in [7, 11) is 0. The average molecular weight is 255 g/mol. The normalized spacial score (nSPS) is 10.1. The maximum Gasteiger partial charge on any atom is 0.0801 e. The minimum Gasteiger partial charge on any atom is -0.391 e. The Morgan fingerprint density at radius 2 is 2.44 bits per heavy atom. The molecule has 4 heteroatoms. The number of nitrogens with zero attached hydrogens (tertiary/aromatic N) is 1. The minimum absolute atomic E-state index is 0.115. The molecule has 0 aromatic carbocycles. The second kappa shape index (κ2) is 2.94. The zero-order chi connectivity index (χ0) is 6.85. The van der Waals surface area contributed by atoms with Crippen molar-refractivity contribution in [1.29, 1.82) is 0 Å². The molecule has 1 aromatic rings. The molecule has 1 N–H and O–H groups in total. The van der Waals surface area contributed by atoms with Gasteiger partial charge in [-0.05, 0) is 41.0 Å². The highest BCUT2D eigenvalue weighted by Crippen LogP contribution is 2.19. The first-order valence-electron chi connectivity index (χ1n) is 2.47. The van der Waals surface area contributed by atoms with E-state index < -0.39 is 0 Å². The van der Waals surface area contributed by atoms with Crippen molar-refractivity contribution in [2.75, 3.05) is 0 Å². The van der Waals surface area contributed by atoms with Crippen molar-refractivity contribution in [3.63, 3.8) is 0 Å². The topological polar surface area (TPSA) is 33.1 Å². The van der Waals surface area contributed by atoms with E-state index in [-0.39, 0.29) is 6.61 Å². The molecule has 0 atom stereocenters. The van der Waals surface area contributed by atoms with Gasteiger partial charge in [0.1, 0.15) is 0 Å². The van der Waals surface area contributed by atoms with E-state index in [1.165, 1.54) is 11.5 Å². The number of hydrogen-bond donors (Lipinski definition) is 1. The third kappa shape index (κ3) is 1.42. The number of aliphatic hydroxyl groups is 1. The molecule has 0 aliphatic heterocycles. The maximum atomic E-state index is 8.70. The number of aromatic nitrogens is 1. The highest BCUT2D eigenvalue weighted by atomic mass is 127. The van der Waals surface area contributed by atoms with Crippen LogP contribution >= 0.6 is 34.1 Å². The van der Waals surface area contributed by atoms with Crippen LogP contribution in [0, 0.1) is 10.5 Å². The van der Waals surface area contributed by atoms with Crippen molar-refractivity contribution in [2.24, 2.45) is 0 Å². The van der Waals surface area contributed by atoms with Crippen LogP contribution in [0.4, 0.5) is 0 Å². The molecule has 1 heterocycles. The smallest absolute Gasteiger partial charge is 0.0801 e. The van der Waals surface area contributed by atoms with Crippen LogP contribution < -0.4 is 0 Å². The van der Waals surface area contributed by atoms with E-state index in [1.54, 1.807) is 0 Å². The van der Waals surface area contributed by atoms with E-state index in [4.69, 9.17) is 5.11 Å². The van der Waals surface area contributed by atoms with Gasteiger partial charge in [0.05, 0.1) is 20.7 Å². The molecule has 9 heavy (non-hydrogen) atoms. The maximum absolute atomic E-state index is 8.70. The molecule has 0 fully saturated rings. The fraction of sp³-hybridized carbons (Fsp3) is 0.400. The number of rotatable bonds is 1. The lowest BCUT2D eigenvalue weighted by atomic mass is 10.4. The molecule has 0 radical (unpaired) electrons. The first-order chi connectivity index (χ1) is 4.25. The number of aryl methyl sites for hydroxylation is 1. The summed E-state index contributed by atoms with van der Waals surface area (Å²) in [6.45, 7) is 2.06. The lowest BCUT2D eigenvalue weighted by Gasteiger charge is -1.86. The summed E-state index contributed by atoms with van der Waals surface area (Å²) in [6.07, 6.45) is 0. The van der Waals surface area contributed by atoms with Crippen molar-refractivity contribution < 1.29 is 5.11 Å². The van der Waals surface area contributed by atoms with Crippen LogP contribution in [0.25, 0.3) is 0 Å². The molecule has 1 rings (SSSR count). The monoisotopic (exact) mass is 255 g/mol. The highest BCUT2D eigenvalue weighted by Gasteiger charge is 2.04. The Hall–Kier alpha value is 0.320. The minimum atomic E-state index is 0.115. The molecule has 0 saturated carbocycles. The second-order valence-electron chi connectivity index (χ2n) is 1.66. The summed E-state index contributed by atoms with van der Waals surface area (Å²) < 4.78 is 5.16. The molecule has 0 unspecified atom stereocenters. The Kier molecular flexibility index (Phi) is 2.42. The number of aliphatic hydroxyl groups excluding tert-OH is 1. The number of hydrogen-bond acceptors (Lipinski definition) is 3. The first kappa shape index (κ1) is 7.43. The van der Waals surface area contributed by atoms with Gasteiger partial charge in [-0.1, -0.05) is 0 Å². The van der Waals surface area contributed by atoms with Gasteiger partial charge in [-0.3, -0.25) is 0 Å². The Morgan fingerprint density at radius 3 is 2.67 bits per heavy atom. The van der Waals surface area contributed by atoms with E-state index in [2.05, 4.69) is 27.0 Å². The van der Waals surface area contributed by atoms with Gasteiger partial charge in [0, 0.05) is 0 Å². The third-order valence-electron chi connectivity index (χ3n) is 0.999. The lowest BCUT2D eigenvalue weighted by molar-refractivity contribution is 0.284. The van der Waals surface area contributed by atoms with Gasteiger partial charge in [0.15, 0.2) is 0 Å². The Labute approximate surface area is 71.2 Å². The van der Waals surface area contributed by atoms with E-state index in [9.17, 15) is 0 Å². The molecule has 0 spiro atoms. The summed E-state index contributed by atoms with van der Waals surface area (Å²) in [5.74, 6) is 0. The van der Waals surface area contributed by atoms with Crippen LogP contribution in [0.1, 0.15) is 10.6 Å². The standard InChI is InChI=1S/C5H6INOS/c1-3-5(6)4(2-8)9-7-3/h8H,2H2,1H3. The van der Waals surface area contributed by atoms with Crippen molar-refractivity contribution in [3.05, 3.63) is 14.1 Å². The van der Waals surface area contributed by atoms with Crippen LogP contribution in [-0.4, -0.2) is 9.48 Å². The molecule has 2 nitrogen and oxygen atoms in total. The first-order valence-corrected chi connectivity index (χ1v) is 4.32. The quantitative estimate of drug-likeness (QED) is 0.772. The van der Waals surface area contributed by atoms with Crippen LogP contribution in [-0.2, 0) is 6.61 Å². The van der Waals surface area contributed by atoms with Crippen LogP contribution in [0.2, 0.25) is 0 Å². The summed E-state index contributed by atoms with van der Waals surface area (Å²) in [5.41, 5.74) is 1.02. The zero-order valence-corrected chi connectivity index (χ0v) is 7.86. The number of halogens is 1. The van der Waals surface area contributed by atoms with Gasteiger partial charge in [-0.2, -0.15) is 4.37 Å². The van der Waals surface area contributed by atoms with E-state index in [1.807, 2.05) is 6.92 Å². The van der Waals surface area contributed by atoms with E-state index in [0.717, 1.165) is 14.1 Å². The van der Waals surface area contributed by atoms with Crippen molar-refractivity contribution in [3.8, 4) is 0 Å². The molecule has 0 bridgehead atoms. The SMILES string of the molecule is Cc1nsc(CO)c1I. The average Bonchev–Trinajstić information content (AvgIpc) is 2.15. The molecule has 0 saturated heterocycles. The van der Waals surface area contributed by atoms with Gasteiger partial charge in [-0.25, -0.2) is 0 Å². The summed E-state index contributed by atoms with van der Waals surface area (Å²) in [4.78, 5) is 0.966. The van der Waals surface area contributed by atoms with Crippen LogP contribution in [0.5, 0.6) is 0 Å². The van der Waals surface area contributed by atoms with Crippen molar-refractivity contribution >= 4 is 34.1 Å². The van der Waals surface area contributed by atoms with Crippen molar-refractivity contribution in [2.45, 2.75) is 13.5 Å². The second-order valence-corrected chi connectivity index (χ2v) is 3.60. The van der Waals surface area contributed by atoms with E-state index >= 15 is 0 Å². The zero-order valence-electron chi connectivity index (χ0n) is 4.89. The molecular weight excluding hydrogens is 249 g/mol. The fourth-order valence-electron chi connectivity index (χ4n) is 0.504. The molecule has 1 aromatic heterocycles. The Balaban J connectivity index is 3.04. The third-order valence-corrected chi connectivity index (χ3v) is 3.72. The summed E-state index contributed by atoms with van der Waals surface area (Å²) in [5, 5.41) is 8.70.